The van der Waals surface area contributed by atoms with Gasteiger partial charge in [0.05, 0.1) is 0 Å². The highest BCUT2D eigenvalue weighted by atomic mass is 32.2. The lowest BCUT2D eigenvalue weighted by atomic mass is 10.2. The number of nitrogens with one attached hydrogen (secondary N) is 1. The van der Waals surface area contributed by atoms with Gasteiger partial charge in [-0.3, -0.25) is 0 Å². The first-order valence-corrected chi connectivity index (χ1v) is 2.38. The van der Waals surface area contributed by atoms with Crippen LogP contribution in [-0.4, -0.2) is 19.0 Å². The Morgan fingerprint density at radius 2 is 2.20 bits per heavy atom. The quantitative estimate of drug-likeness (QED) is 0.257. The fourth-order valence-electron chi connectivity index (χ4n) is 0. The first-order chi connectivity index (χ1) is 2.27. The molecule has 0 heterocycles. The molecule has 5 heavy (non-hydrogen) atoms. The lowest BCUT2D eigenvalue weighted by molar-refractivity contribution is 1.59. The van der Waals surface area contributed by atoms with Gasteiger partial charge in [-0.1, -0.05) is 0 Å². The summed E-state index contributed by atoms with van der Waals surface area (Å²) in [5, 5.41) is 6.48. The van der Waals surface area contributed by atoms with E-state index in [1.165, 1.54) is 11.8 Å². The molecular formula is C2H4BNS. The first-order valence-electron chi connectivity index (χ1n) is 1.15. The molecule has 0 rings (SSSR count). The fourth-order valence-corrected chi connectivity index (χ4v) is 0. The van der Waals surface area contributed by atoms with Crippen LogP contribution in [-0.2, 0) is 0 Å². The molecule has 0 saturated carbocycles. The molecule has 0 aliphatic carbocycles. The molecule has 0 aromatic heterocycles. The highest BCUT2D eigenvalue weighted by molar-refractivity contribution is 8.15. The van der Waals surface area contributed by atoms with Crippen LogP contribution in [0.4, 0.5) is 0 Å². The van der Waals surface area contributed by atoms with Crippen LogP contribution in [0, 0.1) is 5.41 Å². The van der Waals surface area contributed by atoms with Crippen molar-refractivity contribution in [3.05, 3.63) is 0 Å². The SMILES string of the molecule is [B]C(=N)SC. The van der Waals surface area contributed by atoms with Gasteiger partial charge in [-0.2, -0.15) is 0 Å². The van der Waals surface area contributed by atoms with Crippen molar-refractivity contribution in [1.29, 1.82) is 5.41 Å². The van der Waals surface area contributed by atoms with E-state index in [9.17, 15) is 0 Å². The summed E-state index contributed by atoms with van der Waals surface area (Å²) in [6.07, 6.45) is 1.77. The van der Waals surface area contributed by atoms with Crippen LogP contribution in [0.3, 0.4) is 0 Å². The number of rotatable bonds is 0. The minimum atomic E-state index is 0.171. The average Bonchev–Trinajstić information content (AvgIpc) is 1.38. The standard InChI is InChI=1S/C2H4BNS/c1-5-2(3)4/h4H,1H3. The van der Waals surface area contributed by atoms with Gasteiger partial charge in [0.1, 0.15) is 0 Å². The van der Waals surface area contributed by atoms with Gasteiger partial charge in [-0.25, -0.2) is 0 Å². The third kappa shape index (κ3) is 4.08. The van der Waals surface area contributed by atoms with Crippen molar-refractivity contribution >= 4 is 24.6 Å². The van der Waals surface area contributed by atoms with Crippen LogP contribution < -0.4 is 0 Å². The summed E-state index contributed by atoms with van der Waals surface area (Å²) in [7, 11) is 4.84. The van der Waals surface area contributed by atoms with Gasteiger partial charge in [0.2, 0.25) is 0 Å². The van der Waals surface area contributed by atoms with E-state index in [1.54, 1.807) is 6.26 Å². The topological polar surface area (TPSA) is 23.9 Å². The highest BCUT2D eigenvalue weighted by Gasteiger charge is 1.70. The Balaban J connectivity index is 2.85. The molecule has 2 radical (unpaired) electrons. The Morgan fingerprint density at radius 1 is 2.00 bits per heavy atom. The summed E-state index contributed by atoms with van der Waals surface area (Å²) in [5.74, 6) is 0. The van der Waals surface area contributed by atoms with Crippen LogP contribution in [0.2, 0.25) is 0 Å². The Kier molecular flexibility index (Phi) is 2.37. The Hall–Kier alpha value is 0.0849. The summed E-state index contributed by atoms with van der Waals surface area (Å²) in [5.41, 5.74) is 0. The predicted octanol–water partition coefficient (Wildman–Crippen LogP) is 0.453. The van der Waals surface area contributed by atoms with Crippen molar-refractivity contribution in [2.45, 2.75) is 0 Å². The lowest BCUT2D eigenvalue weighted by Gasteiger charge is -1.77. The zero-order chi connectivity index (χ0) is 4.28. The van der Waals surface area contributed by atoms with Crippen LogP contribution in [0.5, 0.6) is 0 Å². The summed E-state index contributed by atoms with van der Waals surface area (Å²) in [4.78, 5) is 0.171. The van der Waals surface area contributed by atoms with Crippen molar-refractivity contribution in [1.82, 2.24) is 0 Å². The van der Waals surface area contributed by atoms with Crippen molar-refractivity contribution in [2.75, 3.05) is 6.26 Å². The normalized spacial score (nSPS) is 7.40. The molecule has 0 unspecified atom stereocenters. The first kappa shape index (κ1) is 5.08. The molecular weight excluding hydrogens is 80.9 g/mol. The molecule has 0 aliphatic heterocycles. The second-order valence-corrected chi connectivity index (χ2v) is 1.42. The lowest BCUT2D eigenvalue weighted by Crippen LogP contribution is -1.80. The molecule has 0 aromatic rings. The Bertz CT molecular complexity index is 44.9. The third-order valence-corrected chi connectivity index (χ3v) is 0.660. The molecule has 0 bridgehead atoms. The molecule has 0 spiro atoms. The van der Waals surface area contributed by atoms with Gasteiger partial charge in [0.15, 0.2) is 7.85 Å². The van der Waals surface area contributed by atoms with Gasteiger partial charge in [0.25, 0.3) is 0 Å². The van der Waals surface area contributed by atoms with Gasteiger partial charge < -0.3 is 5.41 Å². The zero-order valence-electron chi connectivity index (χ0n) is 2.99. The molecule has 3 heteroatoms. The largest absolute Gasteiger partial charge is 0.310 e. The van der Waals surface area contributed by atoms with Gasteiger partial charge in [-0.05, 0) is 6.26 Å². The maximum Gasteiger partial charge on any atom is 0.150 e. The number of hydrogen-bond donors (Lipinski definition) is 1. The van der Waals surface area contributed by atoms with Crippen LogP contribution in [0.25, 0.3) is 0 Å². The van der Waals surface area contributed by atoms with E-state index in [0.717, 1.165) is 0 Å². The maximum atomic E-state index is 6.48. The van der Waals surface area contributed by atoms with Crippen molar-refractivity contribution in [3.8, 4) is 0 Å². The van der Waals surface area contributed by atoms with Crippen molar-refractivity contribution < 1.29 is 0 Å². The smallest absolute Gasteiger partial charge is 0.150 e. The van der Waals surface area contributed by atoms with E-state index >= 15 is 0 Å². The number of thioether (sulfide) groups is 1. The molecule has 0 amide bonds. The Morgan fingerprint density at radius 3 is 2.20 bits per heavy atom. The second-order valence-electron chi connectivity index (χ2n) is 0.568. The molecule has 0 aliphatic rings. The molecule has 26 valence electrons. The van der Waals surface area contributed by atoms with E-state index in [0.29, 0.717) is 0 Å². The maximum absolute atomic E-state index is 6.48. The Labute approximate surface area is 37.1 Å². The number of hydrogen-bond acceptors (Lipinski definition) is 2. The van der Waals surface area contributed by atoms with E-state index in [2.05, 4.69) is 0 Å². The monoisotopic (exact) mass is 85.0 g/mol. The van der Waals surface area contributed by atoms with Gasteiger partial charge >= 0.3 is 0 Å². The van der Waals surface area contributed by atoms with E-state index in [1.807, 2.05) is 0 Å². The molecule has 1 nitrogen and oxygen atoms in total. The average molecular weight is 84.9 g/mol. The summed E-state index contributed by atoms with van der Waals surface area (Å²) in [6, 6.07) is 0. The fraction of sp³-hybridized carbons (Fsp3) is 0.500. The van der Waals surface area contributed by atoms with Crippen molar-refractivity contribution in [3.63, 3.8) is 0 Å². The third-order valence-electron chi connectivity index (χ3n) is 0.220. The molecule has 0 saturated heterocycles. The van der Waals surface area contributed by atoms with E-state index in [-0.39, 0.29) is 4.94 Å². The second kappa shape index (κ2) is 2.33. The summed E-state index contributed by atoms with van der Waals surface area (Å²) >= 11 is 1.24. The molecule has 0 atom stereocenters. The highest BCUT2D eigenvalue weighted by Crippen LogP contribution is 1.85. The van der Waals surface area contributed by atoms with Gasteiger partial charge in [-0.15, -0.1) is 11.8 Å². The zero-order valence-corrected chi connectivity index (χ0v) is 3.80. The predicted molar refractivity (Wildman–Crippen MR) is 27.0 cm³/mol. The summed E-state index contributed by atoms with van der Waals surface area (Å²) < 4.78 is 0. The van der Waals surface area contributed by atoms with Gasteiger partial charge in [0, 0.05) is 4.94 Å². The molecule has 0 aromatic carbocycles. The van der Waals surface area contributed by atoms with Crippen LogP contribution in [0.15, 0.2) is 0 Å². The van der Waals surface area contributed by atoms with E-state index < -0.39 is 0 Å². The van der Waals surface area contributed by atoms with Crippen LogP contribution in [0.1, 0.15) is 0 Å². The molecule has 1 N–H and O–H groups in total. The minimum absolute atomic E-state index is 0.171. The van der Waals surface area contributed by atoms with Crippen LogP contribution >= 0.6 is 11.8 Å². The molecule has 0 fully saturated rings. The van der Waals surface area contributed by atoms with Crippen molar-refractivity contribution in [2.24, 2.45) is 0 Å². The minimum Gasteiger partial charge on any atom is -0.310 e. The van der Waals surface area contributed by atoms with E-state index in [4.69, 9.17) is 13.3 Å². The summed E-state index contributed by atoms with van der Waals surface area (Å²) in [6.45, 7) is 0.